The first-order valence-electron chi connectivity index (χ1n) is 8.74. The van der Waals surface area contributed by atoms with E-state index in [1.54, 1.807) is 6.20 Å². The first kappa shape index (κ1) is 16.8. The van der Waals surface area contributed by atoms with E-state index in [-0.39, 0.29) is 5.41 Å². The Morgan fingerprint density at radius 3 is 2.19 bits per heavy atom. The highest BCUT2D eigenvalue weighted by atomic mass is 35.5. The van der Waals surface area contributed by atoms with Crippen molar-refractivity contribution >= 4 is 11.6 Å². The standard InChI is InChI=1S/C21H19ClN4/c22-18-7-5-17(6-8-18)21(9-11-24-12-10-21)16-3-1-15(2-4-16)19-14-25-26-20(19)13-23/h1-8,14,24H,9-12H2,(H,25,26). The van der Waals surface area contributed by atoms with Crippen LogP contribution in [0.2, 0.25) is 5.02 Å². The van der Waals surface area contributed by atoms with Crippen LogP contribution in [0.25, 0.3) is 11.1 Å². The van der Waals surface area contributed by atoms with E-state index in [1.807, 2.05) is 12.1 Å². The summed E-state index contributed by atoms with van der Waals surface area (Å²) in [4.78, 5) is 0. The minimum atomic E-state index is -0.0111. The fourth-order valence-corrected chi connectivity index (χ4v) is 4.05. The van der Waals surface area contributed by atoms with Gasteiger partial charge in [0.05, 0.1) is 6.20 Å². The maximum absolute atomic E-state index is 9.20. The summed E-state index contributed by atoms with van der Waals surface area (Å²) in [5.74, 6) is 0. The number of nitrogens with zero attached hydrogens (tertiary/aromatic N) is 2. The van der Waals surface area contributed by atoms with Crippen molar-refractivity contribution in [3.63, 3.8) is 0 Å². The summed E-state index contributed by atoms with van der Waals surface area (Å²) >= 11 is 6.10. The second-order valence-electron chi connectivity index (χ2n) is 6.69. The van der Waals surface area contributed by atoms with Crippen molar-refractivity contribution in [2.45, 2.75) is 18.3 Å². The van der Waals surface area contributed by atoms with Crippen molar-refractivity contribution in [1.29, 1.82) is 5.26 Å². The molecule has 0 atom stereocenters. The van der Waals surface area contributed by atoms with Gasteiger partial charge in [-0.15, -0.1) is 0 Å². The topological polar surface area (TPSA) is 64.5 Å². The normalized spacial score (nSPS) is 16.2. The van der Waals surface area contributed by atoms with Gasteiger partial charge in [0, 0.05) is 16.0 Å². The maximum atomic E-state index is 9.20. The van der Waals surface area contributed by atoms with Gasteiger partial charge in [0.25, 0.3) is 0 Å². The Balaban J connectivity index is 1.75. The van der Waals surface area contributed by atoms with Crippen LogP contribution >= 0.6 is 11.6 Å². The van der Waals surface area contributed by atoms with Crippen LogP contribution in [0.4, 0.5) is 0 Å². The highest BCUT2D eigenvalue weighted by Crippen LogP contribution is 2.41. The molecule has 0 spiro atoms. The summed E-state index contributed by atoms with van der Waals surface area (Å²) < 4.78 is 0. The van der Waals surface area contributed by atoms with Crippen LogP contribution in [0, 0.1) is 11.3 Å². The number of piperidine rings is 1. The van der Waals surface area contributed by atoms with Crippen LogP contribution in [0.15, 0.2) is 54.7 Å². The zero-order chi connectivity index (χ0) is 18.0. The Kier molecular flexibility index (Phi) is 4.50. The number of hydrogen-bond donors (Lipinski definition) is 2. The lowest BCUT2D eigenvalue weighted by atomic mass is 9.68. The molecular weight excluding hydrogens is 344 g/mol. The third-order valence-electron chi connectivity index (χ3n) is 5.35. The smallest absolute Gasteiger partial charge is 0.143 e. The predicted octanol–water partition coefficient (Wildman–Crippen LogP) is 4.27. The van der Waals surface area contributed by atoms with E-state index in [4.69, 9.17) is 11.6 Å². The van der Waals surface area contributed by atoms with Gasteiger partial charge in [-0.1, -0.05) is 48.0 Å². The predicted molar refractivity (Wildman–Crippen MR) is 103 cm³/mol. The Labute approximate surface area is 157 Å². The molecule has 1 aliphatic rings. The number of halogens is 1. The molecule has 0 bridgehead atoms. The molecule has 1 aliphatic heterocycles. The molecule has 1 saturated heterocycles. The van der Waals surface area contributed by atoms with Gasteiger partial charge in [-0.3, -0.25) is 5.10 Å². The van der Waals surface area contributed by atoms with E-state index in [1.165, 1.54) is 11.1 Å². The maximum Gasteiger partial charge on any atom is 0.143 e. The largest absolute Gasteiger partial charge is 0.317 e. The number of benzene rings is 2. The summed E-state index contributed by atoms with van der Waals surface area (Å²) in [6.07, 6.45) is 3.79. The SMILES string of the molecule is N#Cc1[nH]ncc1-c1ccc(C2(c3ccc(Cl)cc3)CCNCC2)cc1. The van der Waals surface area contributed by atoms with Gasteiger partial charge < -0.3 is 5.32 Å². The van der Waals surface area contributed by atoms with Crippen LogP contribution in [0.3, 0.4) is 0 Å². The zero-order valence-electron chi connectivity index (χ0n) is 14.3. The van der Waals surface area contributed by atoms with E-state index in [9.17, 15) is 5.26 Å². The number of aromatic nitrogens is 2. The summed E-state index contributed by atoms with van der Waals surface area (Å²) in [6, 6.07) is 18.9. The van der Waals surface area contributed by atoms with Crippen LogP contribution < -0.4 is 5.32 Å². The number of rotatable bonds is 3. The van der Waals surface area contributed by atoms with E-state index < -0.39 is 0 Å². The van der Waals surface area contributed by atoms with Crippen molar-refractivity contribution in [2.75, 3.05) is 13.1 Å². The Bertz CT molecular complexity index is 929. The lowest BCUT2D eigenvalue weighted by molar-refractivity contribution is 0.362. The molecule has 130 valence electrons. The summed E-state index contributed by atoms with van der Waals surface area (Å²) in [5.41, 5.74) is 4.92. The molecule has 4 nitrogen and oxygen atoms in total. The molecule has 26 heavy (non-hydrogen) atoms. The highest BCUT2D eigenvalue weighted by Gasteiger charge is 2.35. The van der Waals surface area contributed by atoms with Crippen molar-refractivity contribution in [1.82, 2.24) is 15.5 Å². The summed E-state index contributed by atoms with van der Waals surface area (Å²) in [7, 11) is 0. The fourth-order valence-electron chi connectivity index (χ4n) is 3.93. The highest BCUT2D eigenvalue weighted by molar-refractivity contribution is 6.30. The number of aromatic amines is 1. The number of H-pyrrole nitrogens is 1. The second-order valence-corrected chi connectivity index (χ2v) is 7.12. The Morgan fingerprint density at radius 2 is 1.58 bits per heavy atom. The van der Waals surface area contributed by atoms with Gasteiger partial charge in [0.2, 0.25) is 0 Å². The third-order valence-corrected chi connectivity index (χ3v) is 5.61. The quantitative estimate of drug-likeness (QED) is 0.731. The average molecular weight is 363 g/mol. The zero-order valence-corrected chi connectivity index (χ0v) is 15.1. The van der Waals surface area contributed by atoms with Gasteiger partial charge in [0.15, 0.2) is 0 Å². The first-order valence-corrected chi connectivity index (χ1v) is 9.12. The summed E-state index contributed by atoms with van der Waals surface area (Å²) in [6.45, 7) is 1.98. The molecule has 5 heteroatoms. The van der Waals surface area contributed by atoms with E-state index >= 15 is 0 Å². The summed E-state index contributed by atoms with van der Waals surface area (Å²) in [5, 5.41) is 20.1. The van der Waals surface area contributed by atoms with Crippen LogP contribution in [-0.4, -0.2) is 23.3 Å². The van der Waals surface area contributed by atoms with Crippen LogP contribution in [0.1, 0.15) is 29.7 Å². The molecule has 2 heterocycles. The Morgan fingerprint density at radius 1 is 0.962 bits per heavy atom. The number of hydrogen-bond acceptors (Lipinski definition) is 3. The fraction of sp³-hybridized carbons (Fsp3) is 0.238. The molecule has 0 radical (unpaired) electrons. The van der Waals surface area contributed by atoms with Gasteiger partial charge >= 0.3 is 0 Å². The molecule has 2 aromatic carbocycles. The average Bonchev–Trinajstić information content (AvgIpc) is 3.18. The molecule has 0 unspecified atom stereocenters. The van der Waals surface area contributed by atoms with Gasteiger partial charge in [-0.2, -0.15) is 10.4 Å². The van der Waals surface area contributed by atoms with E-state index in [2.05, 4.69) is 58.0 Å². The number of nitrogens with one attached hydrogen (secondary N) is 2. The van der Waals surface area contributed by atoms with E-state index in [0.29, 0.717) is 5.69 Å². The van der Waals surface area contributed by atoms with Crippen LogP contribution in [0.5, 0.6) is 0 Å². The van der Waals surface area contributed by atoms with Gasteiger partial charge in [-0.25, -0.2) is 0 Å². The molecular formula is C21H19ClN4. The molecule has 2 N–H and O–H groups in total. The first-order chi connectivity index (χ1) is 12.7. The minimum Gasteiger partial charge on any atom is -0.317 e. The molecule has 0 amide bonds. The lowest BCUT2D eigenvalue weighted by Gasteiger charge is -2.39. The van der Waals surface area contributed by atoms with Crippen molar-refractivity contribution in [3.05, 3.63) is 76.6 Å². The van der Waals surface area contributed by atoms with Crippen molar-refractivity contribution in [2.24, 2.45) is 0 Å². The second kappa shape index (κ2) is 6.95. The molecule has 4 rings (SSSR count). The van der Waals surface area contributed by atoms with Gasteiger partial charge in [-0.05, 0) is 54.8 Å². The van der Waals surface area contributed by atoms with Gasteiger partial charge in [0.1, 0.15) is 11.8 Å². The third kappa shape index (κ3) is 2.90. The molecule has 0 saturated carbocycles. The van der Waals surface area contributed by atoms with E-state index in [0.717, 1.165) is 42.1 Å². The monoisotopic (exact) mass is 362 g/mol. The molecule has 1 fully saturated rings. The van der Waals surface area contributed by atoms with Crippen molar-refractivity contribution < 1.29 is 0 Å². The van der Waals surface area contributed by atoms with Crippen molar-refractivity contribution in [3.8, 4) is 17.2 Å². The van der Waals surface area contributed by atoms with Crippen LogP contribution in [-0.2, 0) is 5.41 Å². The molecule has 1 aromatic heterocycles. The molecule has 3 aromatic rings. The Hall–Kier alpha value is -2.61. The minimum absolute atomic E-state index is 0.0111. The lowest BCUT2D eigenvalue weighted by Crippen LogP contribution is -2.40. The molecule has 0 aliphatic carbocycles. The number of nitriles is 1.